The van der Waals surface area contributed by atoms with Crippen LogP contribution in [0.1, 0.15) is 27.0 Å². The van der Waals surface area contributed by atoms with Crippen molar-refractivity contribution in [1.29, 1.82) is 0 Å². The van der Waals surface area contributed by atoms with Crippen molar-refractivity contribution in [2.45, 2.75) is 26.8 Å². The zero-order valence-electron chi connectivity index (χ0n) is 16.2. The van der Waals surface area contributed by atoms with E-state index in [2.05, 4.69) is 11.6 Å². The quantitative estimate of drug-likeness (QED) is 0.486. The van der Waals surface area contributed by atoms with E-state index >= 15 is 0 Å². The van der Waals surface area contributed by atoms with Crippen LogP contribution in [0.5, 0.6) is 0 Å². The molecule has 0 aliphatic carbocycles. The smallest absolute Gasteiger partial charge is 0.337 e. The average molecular weight is 394 g/mol. The summed E-state index contributed by atoms with van der Waals surface area (Å²) in [5, 5.41) is 0. The van der Waals surface area contributed by atoms with E-state index < -0.39 is 5.97 Å². The van der Waals surface area contributed by atoms with E-state index in [1.807, 2.05) is 42.7 Å². The third-order valence-corrected chi connectivity index (χ3v) is 5.60. The highest BCUT2D eigenvalue weighted by molar-refractivity contribution is 7.16. The second-order valence-corrected chi connectivity index (χ2v) is 7.57. The number of rotatable bonds is 5. The molecule has 0 N–H and O–H groups in total. The van der Waals surface area contributed by atoms with Crippen molar-refractivity contribution in [2.24, 2.45) is 4.99 Å². The molecular weight excluding hydrogens is 372 g/mol. The Bertz CT molecular complexity index is 1140. The molecule has 0 saturated heterocycles. The number of benzene rings is 2. The number of nitrogens with zero attached hydrogens (tertiary/aromatic N) is 2. The number of amides is 1. The van der Waals surface area contributed by atoms with Gasteiger partial charge in [0.15, 0.2) is 4.80 Å². The van der Waals surface area contributed by atoms with Gasteiger partial charge in [-0.1, -0.05) is 35.6 Å². The molecule has 6 heteroatoms. The lowest BCUT2D eigenvalue weighted by atomic mass is 10.0. The number of hydrogen-bond acceptors (Lipinski definition) is 4. The highest BCUT2D eigenvalue weighted by Crippen LogP contribution is 2.20. The van der Waals surface area contributed by atoms with Gasteiger partial charge in [0, 0.05) is 6.54 Å². The normalized spacial score (nSPS) is 11.6. The summed E-state index contributed by atoms with van der Waals surface area (Å²) in [5.74, 6) is -0.601. The highest BCUT2D eigenvalue weighted by atomic mass is 32.1. The Morgan fingerprint density at radius 1 is 1.18 bits per heavy atom. The number of thiazole rings is 1. The van der Waals surface area contributed by atoms with Gasteiger partial charge in [-0.15, -0.1) is 6.58 Å². The zero-order valence-corrected chi connectivity index (χ0v) is 17.0. The van der Waals surface area contributed by atoms with Crippen molar-refractivity contribution in [3.05, 3.63) is 76.1 Å². The van der Waals surface area contributed by atoms with Gasteiger partial charge in [-0.3, -0.25) is 4.79 Å². The molecule has 1 heterocycles. The third kappa shape index (κ3) is 4.12. The van der Waals surface area contributed by atoms with E-state index in [1.54, 1.807) is 18.2 Å². The van der Waals surface area contributed by atoms with E-state index in [1.165, 1.54) is 24.0 Å². The monoisotopic (exact) mass is 394 g/mol. The molecule has 0 radical (unpaired) electrons. The summed E-state index contributed by atoms with van der Waals surface area (Å²) in [5.41, 5.74) is 4.67. The molecule has 0 atom stereocenters. The van der Waals surface area contributed by atoms with Crippen LogP contribution in [0.15, 0.2) is 54.0 Å². The number of aryl methyl sites for hydroxylation is 2. The maximum absolute atomic E-state index is 12.6. The van der Waals surface area contributed by atoms with Gasteiger partial charge in [0.1, 0.15) is 0 Å². The van der Waals surface area contributed by atoms with Crippen LogP contribution in [0, 0.1) is 13.8 Å². The van der Waals surface area contributed by atoms with Crippen molar-refractivity contribution < 1.29 is 14.3 Å². The summed E-state index contributed by atoms with van der Waals surface area (Å²) in [6.45, 7) is 8.39. The number of methoxy groups -OCH3 is 1. The van der Waals surface area contributed by atoms with Crippen molar-refractivity contribution >= 4 is 33.4 Å². The van der Waals surface area contributed by atoms with Gasteiger partial charge in [0.2, 0.25) is 0 Å². The number of allylic oxidation sites excluding steroid dienone is 1. The fourth-order valence-corrected chi connectivity index (χ4v) is 4.04. The van der Waals surface area contributed by atoms with Crippen LogP contribution < -0.4 is 4.80 Å². The molecule has 1 aromatic heterocycles. The number of fused-ring (bicyclic) bond motifs is 1. The van der Waals surface area contributed by atoms with Gasteiger partial charge in [-0.25, -0.2) is 4.79 Å². The summed E-state index contributed by atoms with van der Waals surface area (Å²) >= 11 is 1.37. The van der Waals surface area contributed by atoms with Crippen molar-refractivity contribution in [3.63, 3.8) is 0 Å². The molecule has 3 rings (SSSR count). The van der Waals surface area contributed by atoms with Gasteiger partial charge >= 0.3 is 5.97 Å². The second kappa shape index (κ2) is 8.35. The number of hydrogen-bond donors (Lipinski definition) is 0. The van der Waals surface area contributed by atoms with Crippen LogP contribution in [0.2, 0.25) is 0 Å². The van der Waals surface area contributed by atoms with Gasteiger partial charge in [-0.05, 0) is 48.7 Å². The lowest BCUT2D eigenvalue weighted by Gasteiger charge is -2.03. The van der Waals surface area contributed by atoms with Gasteiger partial charge in [0.05, 0.1) is 29.3 Å². The minimum atomic E-state index is -0.394. The van der Waals surface area contributed by atoms with Gasteiger partial charge in [-0.2, -0.15) is 4.99 Å². The SMILES string of the molecule is C=CCn1c(=NC(=O)Cc2ccc(C)c(C)c2)sc2cc(C(=O)OC)ccc21. The first-order chi connectivity index (χ1) is 13.4. The molecular formula is C22H22N2O3S. The van der Waals surface area contributed by atoms with Crippen molar-refractivity contribution in [2.75, 3.05) is 7.11 Å². The fraction of sp³-hybridized carbons (Fsp3) is 0.227. The molecule has 0 saturated carbocycles. The maximum Gasteiger partial charge on any atom is 0.337 e. The van der Waals surface area contributed by atoms with E-state index in [9.17, 15) is 9.59 Å². The maximum atomic E-state index is 12.6. The highest BCUT2D eigenvalue weighted by Gasteiger charge is 2.12. The topological polar surface area (TPSA) is 60.7 Å². The van der Waals surface area contributed by atoms with Crippen LogP contribution in [-0.2, 0) is 22.5 Å². The summed E-state index contributed by atoms with van der Waals surface area (Å²) in [4.78, 5) is 29.3. The predicted octanol–water partition coefficient (Wildman–Crippen LogP) is 3.96. The predicted molar refractivity (Wildman–Crippen MR) is 112 cm³/mol. The first kappa shape index (κ1) is 19.8. The van der Waals surface area contributed by atoms with Crippen molar-refractivity contribution in [3.8, 4) is 0 Å². The van der Waals surface area contributed by atoms with Crippen LogP contribution in [-0.4, -0.2) is 23.6 Å². The van der Waals surface area contributed by atoms with E-state index in [0.29, 0.717) is 16.9 Å². The number of carbonyl (C=O) groups excluding carboxylic acids is 2. The van der Waals surface area contributed by atoms with Crippen LogP contribution in [0.4, 0.5) is 0 Å². The largest absolute Gasteiger partial charge is 0.465 e. The summed E-state index contributed by atoms with van der Waals surface area (Å²) in [6.07, 6.45) is 2.00. The molecule has 0 bridgehead atoms. The number of ether oxygens (including phenoxy) is 1. The molecule has 2 aromatic carbocycles. The third-order valence-electron chi connectivity index (χ3n) is 4.56. The zero-order chi connectivity index (χ0) is 20.3. The molecule has 0 fully saturated rings. The average Bonchev–Trinajstić information content (AvgIpc) is 3.00. The molecule has 0 aliphatic heterocycles. The minimum Gasteiger partial charge on any atom is -0.465 e. The lowest BCUT2D eigenvalue weighted by Crippen LogP contribution is -2.17. The molecule has 0 spiro atoms. The van der Waals surface area contributed by atoms with Gasteiger partial charge in [0.25, 0.3) is 5.91 Å². The first-order valence-corrected chi connectivity index (χ1v) is 9.71. The van der Waals surface area contributed by atoms with E-state index in [-0.39, 0.29) is 12.3 Å². The Morgan fingerprint density at radius 2 is 1.96 bits per heavy atom. The number of esters is 1. The molecule has 0 unspecified atom stereocenters. The lowest BCUT2D eigenvalue weighted by molar-refractivity contribution is -0.117. The molecule has 0 aliphatic rings. The van der Waals surface area contributed by atoms with Gasteiger partial charge < -0.3 is 9.30 Å². The Labute approximate surface area is 167 Å². The number of carbonyl (C=O) groups is 2. The minimum absolute atomic E-state index is 0.208. The summed E-state index contributed by atoms with van der Waals surface area (Å²) < 4.78 is 7.57. The Kier molecular flexibility index (Phi) is 5.90. The molecule has 3 aromatic rings. The molecule has 28 heavy (non-hydrogen) atoms. The number of aromatic nitrogens is 1. The standard InChI is InChI=1S/C22H22N2O3S/c1-5-10-24-18-9-8-17(21(26)27-4)13-19(18)28-22(24)23-20(25)12-16-7-6-14(2)15(3)11-16/h5-9,11,13H,1,10,12H2,2-4H3. The second-order valence-electron chi connectivity index (χ2n) is 6.56. The Morgan fingerprint density at radius 3 is 2.64 bits per heavy atom. The van der Waals surface area contributed by atoms with E-state index in [4.69, 9.17) is 4.74 Å². The Balaban J connectivity index is 2.00. The molecule has 1 amide bonds. The van der Waals surface area contributed by atoms with Crippen molar-refractivity contribution in [1.82, 2.24) is 4.57 Å². The fourth-order valence-electron chi connectivity index (χ4n) is 2.94. The summed E-state index contributed by atoms with van der Waals surface area (Å²) in [6, 6.07) is 11.3. The van der Waals surface area contributed by atoms with E-state index in [0.717, 1.165) is 21.3 Å². The Hall–Kier alpha value is -2.99. The summed E-state index contributed by atoms with van der Waals surface area (Å²) in [7, 11) is 1.35. The molecule has 5 nitrogen and oxygen atoms in total. The molecule has 144 valence electrons. The van der Waals surface area contributed by atoms with Crippen LogP contribution in [0.3, 0.4) is 0 Å². The van der Waals surface area contributed by atoms with Crippen LogP contribution >= 0.6 is 11.3 Å². The van der Waals surface area contributed by atoms with Crippen LogP contribution in [0.25, 0.3) is 10.2 Å². The first-order valence-electron chi connectivity index (χ1n) is 8.89.